The normalized spacial score (nSPS) is 22.0. The fourth-order valence-corrected chi connectivity index (χ4v) is 1.89. The third-order valence-electron chi connectivity index (χ3n) is 2.90. The summed E-state index contributed by atoms with van der Waals surface area (Å²) in [7, 11) is 2.20. The van der Waals surface area contributed by atoms with Crippen LogP contribution < -0.4 is 5.32 Å². The van der Waals surface area contributed by atoms with Crippen molar-refractivity contribution in [2.45, 2.75) is 19.0 Å². The molecule has 1 unspecified atom stereocenters. The van der Waals surface area contributed by atoms with Crippen LogP contribution in [0.25, 0.3) is 0 Å². The van der Waals surface area contributed by atoms with Gasteiger partial charge in [-0.25, -0.2) is 0 Å². The van der Waals surface area contributed by atoms with Gasteiger partial charge in [0.05, 0.1) is 6.54 Å². The van der Waals surface area contributed by atoms with Crippen molar-refractivity contribution in [2.75, 3.05) is 26.7 Å². The van der Waals surface area contributed by atoms with Crippen molar-refractivity contribution in [3.63, 3.8) is 0 Å². The summed E-state index contributed by atoms with van der Waals surface area (Å²) in [6.07, 6.45) is 5.12. The monoisotopic (exact) mass is 194 g/mol. The van der Waals surface area contributed by atoms with Gasteiger partial charge in [-0.1, -0.05) is 0 Å². The lowest BCUT2D eigenvalue weighted by atomic mass is 10.2. The largest absolute Gasteiger partial charge is 0.315 e. The zero-order valence-electron chi connectivity index (χ0n) is 8.69. The Bertz CT molecular complexity index is 251. The molecule has 1 atom stereocenters. The van der Waals surface area contributed by atoms with Crippen LogP contribution >= 0.6 is 0 Å². The van der Waals surface area contributed by atoms with E-state index in [1.165, 1.54) is 6.42 Å². The highest BCUT2D eigenvalue weighted by Gasteiger charge is 2.18. The van der Waals surface area contributed by atoms with Crippen molar-refractivity contribution in [3.8, 4) is 0 Å². The van der Waals surface area contributed by atoms with Crippen molar-refractivity contribution in [2.24, 2.45) is 0 Å². The Labute approximate surface area is 84.9 Å². The maximum atomic E-state index is 4.19. The molecule has 4 nitrogen and oxygen atoms in total. The summed E-state index contributed by atoms with van der Waals surface area (Å²) in [4.78, 5) is 2.42. The minimum absolute atomic E-state index is 0.713. The number of nitrogens with one attached hydrogen (secondary N) is 1. The van der Waals surface area contributed by atoms with Crippen LogP contribution in [0, 0.1) is 0 Å². The zero-order valence-corrected chi connectivity index (χ0v) is 8.69. The van der Waals surface area contributed by atoms with Gasteiger partial charge >= 0.3 is 0 Å². The molecule has 1 aliphatic heterocycles. The van der Waals surface area contributed by atoms with Gasteiger partial charge in [-0.05, 0) is 26.1 Å². The van der Waals surface area contributed by atoms with E-state index >= 15 is 0 Å². The Balaban J connectivity index is 1.74. The molecule has 1 saturated heterocycles. The molecule has 1 fully saturated rings. The number of hydrogen-bond acceptors (Lipinski definition) is 3. The summed E-state index contributed by atoms with van der Waals surface area (Å²) >= 11 is 0. The third kappa shape index (κ3) is 2.33. The Kier molecular flexibility index (Phi) is 3.16. The predicted octanol–water partition coefficient (Wildman–Crippen LogP) is 0.177. The van der Waals surface area contributed by atoms with Gasteiger partial charge in [-0.15, -0.1) is 0 Å². The number of likely N-dealkylation sites (N-methyl/N-ethyl adjacent to an activating group) is 1. The summed E-state index contributed by atoms with van der Waals surface area (Å²) in [6, 6.07) is 2.68. The topological polar surface area (TPSA) is 33.1 Å². The molecular weight excluding hydrogens is 176 g/mol. The van der Waals surface area contributed by atoms with Crippen molar-refractivity contribution in [1.82, 2.24) is 20.0 Å². The minimum Gasteiger partial charge on any atom is -0.315 e. The molecule has 0 aliphatic carbocycles. The van der Waals surface area contributed by atoms with Crippen LogP contribution in [-0.4, -0.2) is 47.4 Å². The summed E-state index contributed by atoms with van der Waals surface area (Å²) in [5.74, 6) is 0. The molecule has 14 heavy (non-hydrogen) atoms. The van der Waals surface area contributed by atoms with Crippen molar-refractivity contribution >= 4 is 0 Å². The van der Waals surface area contributed by atoms with E-state index in [0.717, 1.165) is 26.2 Å². The summed E-state index contributed by atoms with van der Waals surface area (Å²) in [5, 5.41) is 7.57. The third-order valence-corrected chi connectivity index (χ3v) is 2.90. The Morgan fingerprint density at radius 2 is 2.57 bits per heavy atom. The van der Waals surface area contributed by atoms with Gasteiger partial charge < -0.3 is 10.2 Å². The van der Waals surface area contributed by atoms with E-state index in [4.69, 9.17) is 0 Å². The molecule has 2 heterocycles. The quantitative estimate of drug-likeness (QED) is 0.742. The maximum Gasteiger partial charge on any atom is 0.0536 e. The molecule has 1 aromatic rings. The van der Waals surface area contributed by atoms with E-state index in [2.05, 4.69) is 22.4 Å². The molecule has 0 amide bonds. The van der Waals surface area contributed by atoms with Gasteiger partial charge in [0.2, 0.25) is 0 Å². The van der Waals surface area contributed by atoms with Crippen molar-refractivity contribution in [3.05, 3.63) is 18.5 Å². The van der Waals surface area contributed by atoms with Crippen LogP contribution in [0.4, 0.5) is 0 Å². The average molecular weight is 194 g/mol. The van der Waals surface area contributed by atoms with Crippen LogP contribution in [-0.2, 0) is 6.54 Å². The highest BCUT2D eigenvalue weighted by Crippen LogP contribution is 2.05. The lowest BCUT2D eigenvalue weighted by molar-refractivity contribution is 0.243. The van der Waals surface area contributed by atoms with E-state index in [0.29, 0.717) is 6.04 Å². The van der Waals surface area contributed by atoms with Gasteiger partial charge in [0.1, 0.15) is 0 Å². The zero-order chi connectivity index (χ0) is 9.80. The van der Waals surface area contributed by atoms with E-state index in [1.807, 2.05) is 23.1 Å². The minimum atomic E-state index is 0.713. The van der Waals surface area contributed by atoms with Crippen molar-refractivity contribution < 1.29 is 0 Å². The lowest BCUT2D eigenvalue weighted by Gasteiger charge is -2.23. The van der Waals surface area contributed by atoms with Crippen LogP contribution in [0.5, 0.6) is 0 Å². The molecular formula is C10H18N4. The second-order valence-electron chi connectivity index (χ2n) is 3.90. The van der Waals surface area contributed by atoms with Crippen LogP contribution in [0.2, 0.25) is 0 Å². The fourth-order valence-electron chi connectivity index (χ4n) is 1.89. The average Bonchev–Trinajstić information content (AvgIpc) is 2.87. The molecule has 0 aromatic carbocycles. The Morgan fingerprint density at radius 1 is 1.64 bits per heavy atom. The highest BCUT2D eigenvalue weighted by molar-refractivity contribution is 4.80. The number of aromatic nitrogens is 2. The predicted molar refractivity (Wildman–Crippen MR) is 56.1 cm³/mol. The van der Waals surface area contributed by atoms with Gasteiger partial charge in [-0.3, -0.25) is 4.68 Å². The van der Waals surface area contributed by atoms with E-state index < -0.39 is 0 Å². The first-order valence-electron chi connectivity index (χ1n) is 5.24. The van der Waals surface area contributed by atoms with Gasteiger partial charge in [-0.2, -0.15) is 5.10 Å². The first-order chi connectivity index (χ1) is 6.86. The highest BCUT2D eigenvalue weighted by atomic mass is 15.3. The van der Waals surface area contributed by atoms with E-state index in [9.17, 15) is 0 Å². The van der Waals surface area contributed by atoms with Gasteiger partial charge in [0, 0.05) is 31.5 Å². The van der Waals surface area contributed by atoms with Gasteiger partial charge in [0.25, 0.3) is 0 Å². The number of nitrogens with zero attached hydrogens (tertiary/aromatic N) is 3. The molecule has 78 valence electrons. The molecule has 0 radical (unpaired) electrons. The Morgan fingerprint density at radius 3 is 3.21 bits per heavy atom. The van der Waals surface area contributed by atoms with Gasteiger partial charge in [0.15, 0.2) is 0 Å². The standard InChI is InChI=1S/C10H18N4/c1-13(10-3-5-11-9-10)7-8-14-6-2-4-12-14/h2,4,6,10-11H,3,5,7-9H2,1H3. The molecule has 0 spiro atoms. The van der Waals surface area contributed by atoms with Crippen LogP contribution in [0.1, 0.15) is 6.42 Å². The molecule has 1 aliphatic rings. The van der Waals surface area contributed by atoms with Crippen LogP contribution in [0.3, 0.4) is 0 Å². The van der Waals surface area contributed by atoms with Crippen molar-refractivity contribution in [1.29, 1.82) is 0 Å². The molecule has 0 saturated carbocycles. The Hall–Kier alpha value is -0.870. The number of hydrogen-bond donors (Lipinski definition) is 1. The molecule has 2 rings (SSSR count). The first kappa shape index (κ1) is 9.68. The molecule has 0 bridgehead atoms. The van der Waals surface area contributed by atoms with E-state index in [1.54, 1.807) is 0 Å². The summed E-state index contributed by atoms with van der Waals surface area (Å²) < 4.78 is 1.98. The smallest absolute Gasteiger partial charge is 0.0536 e. The lowest BCUT2D eigenvalue weighted by Crippen LogP contribution is -2.35. The number of rotatable bonds is 4. The second-order valence-corrected chi connectivity index (χ2v) is 3.90. The SMILES string of the molecule is CN(CCn1cccn1)C1CCNC1. The van der Waals surface area contributed by atoms with Crippen LogP contribution in [0.15, 0.2) is 18.5 Å². The molecule has 1 aromatic heterocycles. The summed E-state index contributed by atoms with van der Waals surface area (Å²) in [6.45, 7) is 4.36. The first-order valence-corrected chi connectivity index (χ1v) is 5.24. The molecule has 4 heteroatoms. The van der Waals surface area contributed by atoms with E-state index in [-0.39, 0.29) is 0 Å². The second kappa shape index (κ2) is 4.57. The maximum absolute atomic E-state index is 4.19. The summed E-state index contributed by atoms with van der Waals surface area (Å²) in [5.41, 5.74) is 0. The molecule has 1 N–H and O–H groups in total. The fraction of sp³-hybridized carbons (Fsp3) is 0.700.